The van der Waals surface area contributed by atoms with Crippen LogP contribution in [0.5, 0.6) is 0 Å². The highest BCUT2D eigenvalue weighted by molar-refractivity contribution is 5.29. The lowest BCUT2D eigenvalue weighted by atomic mass is 9.91. The first kappa shape index (κ1) is 11.6. The Morgan fingerprint density at radius 2 is 2.38 bits per heavy atom. The molecule has 0 aliphatic carbocycles. The van der Waals surface area contributed by atoms with Crippen molar-refractivity contribution < 1.29 is 0 Å². The van der Waals surface area contributed by atoms with Crippen molar-refractivity contribution in [2.24, 2.45) is 5.73 Å². The lowest BCUT2D eigenvalue weighted by molar-refractivity contribution is 0.215. The maximum Gasteiger partial charge on any atom is 0.0349 e. The van der Waals surface area contributed by atoms with Gasteiger partial charge in [0.05, 0.1) is 0 Å². The number of hydrogen-bond acceptors (Lipinski definition) is 3. The smallest absolute Gasteiger partial charge is 0.0349 e. The van der Waals surface area contributed by atoms with Gasteiger partial charge in [-0.2, -0.15) is 0 Å². The van der Waals surface area contributed by atoms with Crippen LogP contribution < -0.4 is 5.73 Å². The van der Waals surface area contributed by atoms with E-state index in [2.05, 4.69) is 23.0 Å². The van der Waals surface area contributed by atoms with Gasteiger partial charge in [0.1, 0.15) is 0 Å². The molecule has 0 amide bonds. The van der Waals surface area contributed by atoms with Gasteiger partial charge in [0.25, 0.3) is 0 Å². The number of aromatic nitrogens is 1. The van der Waals surface area contributed by atoms with Gasteiger partial charge in [-0.15, -0.1) is 0 Å². The molecular weight excluding hydrogens is 198 g/mol. The molecule has 0 spiro atoms. The molecule has 0 saturated heterocycles. The maximum absolute atomic E-state index is 5.55. The van der Waals surface area contributed by atoms with E-state index in [4.69, 9.17) is 5.73 Å². The summed E-state index contributed by atoms with van der Waals surface area (Å²) in [7, 11) is 2.22. The average molecular weight is 219 g/mol. The van der Waals surface area contributed by atoms with E-state index in [1.807, 2.05) is 12.4 Å². The van der Waals surface area contributed by atoms with Crippen LogP contribution in [-0.2, 0) is 6.42 Å². The van der Waals surface area contributed by atoms with Gasteiger partial charge in [-0.1, -0.05) is 6.42 Å². The van der Waals surface area contributed by atoms with E-state index in [0.717, 1.165) is 25.9 Å². The predicted molar refractivity (Wildman–Crippen MR) is 66.2 cm³/mol. The number of pyridine rings is 1. The molecule has 2 heterocycles. The Kier molecular flexibility index (Phi) is 3.91. The summed E-state index contributed by atoms with van der Waals surface area (Å²) >= 11 is 0. The van der Waals surface area contributed by atoms with E-state index < -0.39 is 0 Å². The van der Waals surface area contributed by atoms with Gasteiger partial charge >= 0.3 is 0 Å². The summed E-state index contributed by atoms with van der Waals surface area (Å²) in [6, 6.07) is 2.75. The van der Waals surface area contributed by atoms with Gasteiger partial charge in [0.2, 0.25) is 0 Å². The highest BCUT2D eigenvalue weighted by Gasteiger charge is 2.23. The molecule has 16 heavy (non-hydrogen) atoms. The predicted octanol–water partition coefficient (Wildman–Crippen LogP) is 1.74. The van der Waals surface area contributed by atoms with Crippen molar-refractivity contribution in [3.8, 4) is 0 Å². The van der Waals surface area contributed by atoms with Crippen molar-refractivity contribution >= 4 is 0 Å². The molecule has 2 rings (SSSR count). The Bertz CT molecular complexity index is 338. The molecule has 0 radical (unpaired) electrons. The fraction of sp³-hybridized carbons (Fsp3) is 0.615. The van der Waals surface area contributed by atoms with Gasteiger partial charge in [0, 0.05) is 25.0 Å². The standard InChI is InChI=1S/C13H21N3/c1-16-9-6-11-10-15-8-5-12(11)13(16)4-2-3-7-14/h5,8,10,13H,2-4,6-7,9,14H2,1H3. The first-order valence-electron chi connectivity index (χ1n) is 6.16. The molecule has 88 valence electrons. The third kappa shape index (κ3) is 2.42. The van der Waals surface area contributed by atoms with E-state index in [0.29, 0.717) is 6.04 Å². The van der Waals surface area contributed by atoms with E-state index in [-0.39, 0.29) is 0 Å². The topological polar surface area (TPSA) is 42.2 Å². The molecule has 2 N–H and O–H groups in total. The fourth-order valence-electron chi connectivity index (χ4n) is 2.52. The summed E-state index contributed by atoms with van der Waals surface area (Å²) in [5, 5.41) is 0. The van der Waals surface area contributed by atoms with E-state index in [1.165, 1.54) is 24.0 Å². The lowest BCUT2D eigenvalue weighted by Gasteiger charge is -2.34. The Morgan fingerprint density at radius 3 is 3.19 bits per heavy atom. The SMILES string of the molecule is CN1CCc2cnccc2C1CCCCN. The molecule has 0 bridgehead atoms. The second kappa shape index (κ2) is 5.41. The van der Waals surface area contributed by atoms with Crippen LogP contribution >= 0.6 is 0 Å². The second-order valence-corrected chi connectivity index (χ2v) is 4.61. The van der Waals surface area contributed by atoms with Crippen LogP contribution in [0.15, 0.2) is 18.5 Å². The number of nitrogens with zero attached hydrogens (tertiary/aromatic N) is 2. The monoisotopic (exact) mass is 219 g/mol. The minimum absolute atomic E-state index is 0.568. The average Bonchev–Trinajstić information content (AvgIpc) is 2.32. The van der Waals surface area contributed by atoms with Gasteiger partial charge in [0.15, 0.2) is 0 Å². The molecule has 1 aliphatic rings. The zero-order chi connectivity index (χ0) is 11.4. The summed E-state index contributed by atoms with van der Waals surface area (Å²) in [5.41, 5.74) is 8.45. The third-order valence-electron chi connectivity index (χ3n) is 3.50. The van der Waals surface area contributed by atoms with Crippen molar-refractivity contribution in [1.82, 2.24) is 9.88 Å². The summed E-state index contributed by atoms with van der Waals surface area (Å²) in [4.78, 5) is 6.67. The molecule has 0 saturated carbocycles. The van der Waals surface area contributed by atoms with Crippen LogP contribution in [-0.4, -0.2) is 30.0 Å². The molecule has 0 aromatic carbocycles. The highest BCUT2D eigenvalue weighted by atomic mass is 15.1. The van der Waals surface area contributed by atoms with Crippen LogP contribution in [0.25, 0.3) is 0 Å². The summed E-state index contributed by atoms with van der Waals surface area (Å²) in [5.74, 6) is 0. The Morgan fingerprint density at radius 1 is 1.50 bits per heavy atom. The van der Waals surface area contributed by atoms with Crippen molar-refractivity contribution in [1.29, 1.82) is 0 Å². The van der Waals surface area contributed by atoms with Crippen LogP contribution in [0, 0.1) is 0 Å². The lowest BCUT2D eigenvalue weighted by Crippen LogP contribution is -2.32. The van der Waals surface area contributed by atoms with Crippen molar-refractivity contribution in [3.05, 3.63) is 29.6 Å². The zero-order valence-corrected chi connectivity index (χ0v) is 10.0. The second-order valence-electron chi connectivity index (χ2n) is 4.61. The van der Waals surface area contributed by atoms with Crippen LogP contribution in [0.2, 0.25) is 0 Å². The number of nitrogens with two attached hydrogens (primary N) is 1. The third-order valence-corrected chi connectivity index (χ3v) is 3.50. The van der Waals surface area contributed by atoms with Crippen LogP contribution in [0.1, 0.15) is 36.4 Å². The number of unbranched alkanes of at least 4 members (excludes halogenated alkanes) is 1. The van der Waals surface area contributed by atoms with Crippen LogP contribution in [0.4, 0.5) is 0 Å². The summed E-state index contributed by atoms with van der Waals surface area (Å²) < 4.78 is 0. The molecule has 3 heteroatoms. The number of hydrogen-bond donors (Lipinski definition) is 1. The van der Waals surface area contributed by atoms with Crippen LogP contribution in [0.3, 0.4) is 0 Å². The summed E-state index contributed by atoms with van der Waals surface area (Å²) in [6.45, 7) is 1.95. The van der Waals surface area contributed by atoms with Gasteiger partial charge < -0.3 is 5.73 Å². The summed E-state index contributed by atoms with van der Waals surface area (Å²) in [6.07, 6.45) is 8.63. The molecule has 3 nitrogen and oxygen atoms in total. The molecular formula is C13H21N3. The van der Waals surface area contributed by atoms with E-state index >= 15 is 0 Å². The van der Waals surface area contributed by atoms with Gasteiger partial charge in [-0.25, -0.2) is 0 Å². The van der Waals surface area contributed by atoms with Crippen molar-refractivity contribution in [3.63, 3.8) is 0 Å². The molecule has 1 atom stereocenters. The van der Waals surface area contributed by atoms with E-state index in [9.17, 15) is 0 Å². The molecule has 0 fully saturated rings. The highest BCUT2D eigenvalue weighted by Crippen LogP contribution is 2.31. The number of rotatable bonds is 4. The Balaban J connectivity index is 2.10. The Hall–Kier alpha value is -0.930. The normalized spacial score (nSPS) is 20.8. The number of likely N-dealkylation sites (N-methyl/N-ethyl adjacent to an activating group) is 1. The molecule has 1 unspecified atom stereocenters. The van der Waals surface area contributed by atoms with Crippen molar-refractivity contribution in [2.45, 2.75) is 31.7 Å². The van der Waals surface area contributed by atoms with Crippen molar-refractivity contribution in [2.75, 3.05) is 20.1 Å². The minimum Gasteiger partial charge on any atom is -0.330 e. The first-order valence-corrected chi connectivity index (χ1v) is 6.16. The molecule has 1 aromatic rings. The van der Waals surface area contributed by atoms with Gasteiger partial charge in [-0.05, 0) is 50.0 Å². The largest absolute Gasteiger partial charge is 0.330 e. The van der Waals surface area contributed by atoms with E-state index in [1.54, 1.807) is 0 Å². The first-order chi connectivity index (χ1) is 7.83. The Labute approximate surface area is 97.7 Å². The molecule has 1 aromatic heterocycles. The number of fused-ring (bicyclic) bond motifs is 1. The maximum atomic E-state index is 5.55. The zero-order valence-electron chi connectivity index (χ0n) is 10.0. The molecule has 1 aliphatic heterocycles. The minimum atomic E-state index is 0.568. The fourth-order valence-corrected chi connectivity index (χ4v) is 2.52. The van der Waals surface area contributed by atoms with Gasteiger partial charge in [-0.3, -0.25) is 9.88 Å². The quantitative estimate of drug-likeness (QED) is 0.784.